The zero-order valence-corrected chi connectivity index (χ0v) is 15.0. The highest BCUT2D eigenvalue weighted by atomic mass is 16.5. The molecule has 2 saturated heterocycles. The first-order valence-electron chi connectivity index (χ1n) is 9.41. The molecule has 0 aliphatic carbocycles. The molecule has 0 aromatic heterocycles. The van der Waals surface area contributed by atoms with E-state index in [2.05, 4.69) is 0 Å². The molecule has 5 nitrogen and oxygen atoms in total. The fraction of sp³-hybridized carbons (Fsp3) is 0.600. The summed E-state index contributed by atoms with van der Waals surface area (Å²) < 4.78 is 5.71. The van der Waals surface area contributed by atoms with Crippen LogP contribution in [0, 0.1) is 5.92 Å². The van der Waals surface area contributed by atoms with Crippen LogP contribution in [0.4, 0.5) is 0 Å². The first-order chi connectivity index (χ1) is 12.1. The van der Waals surface area contributed by atoms with Crippen LogP contribution in [0.1, 0.15) is 39.0 Å². The number of piperidine rings is 1. The second kappa shape index (κ2) is 8.37. The number of ether oxygens (including phenoxy) is 1. The van der Waals surface area contributed by atoms with Crippen molar-refractivity contribution in [1.82, 2.24) is 9.80 Å². The van der Waals surface area contributed by atoms with E-state index in [4.69, 9.17) is 4.74 Å². The SMILES string of the molecule is C[C@@H](CCOc1ccccc1)C(=O)N1CCC[C@H](N2CCCC2=O)C1. The highest BCUT2D eigenvalue weighted by molar-refractivity contribution is 5.80. The van der Waals surface area contributed by atoms with Crippen LogP contribution in [0.15, 0.2) is 30.3 Å². The minimum absolute atomic E-state index is 0.0586. The van der Waals surface area contributed by atoms with E-state index < -0.39 is 0 Å². The Kier molecular flexibility index (Phi) is 5.95. The van der Waals surface area contributed by atoms with Crippen molar-refractivity contribution in [1.29, 1.82) is 0 Å². The number of rotatable bonds is 6. The van der Waals surface area contributed by atoms with Gasteiger partial charge in [0.15, 0.2) is 0 Å². The Labute approximate surface area is 149 Å². The lowest BCUT2D eigenvalue weighted by molar-refractivity contribution is -0.140. The van der Waals surface area contributed by atoms with Crippen LogP contribution < -0.4 is 4.74 Å². The highest BCUT2D eigenvalue weighted by Crippen LogP contribution is 2.23. The van der Waals surface area contributed by atoms with E-state index in [1.54, 1.807) is 0 Å². The van der Waals surface area contributed by atoms with Gasteiger partial charge in [-0.05, 0) is 37.8 Å². The van der Waals surface area contributed by atoms with Crippen molar-refractivity contribution in [3.63, 3.8) is 0 Å². The van der Waals surface area contributed by atoms with Gasteiger partial charge >= 0.3 is 0 Å². The number of para-hydroxylation sites is 1. The normalized spacial score (nSPS) is 22.1. The van der Waals surface area contributed by atoms with Gasteiger partial charge in [-0.3, -0.25) is 9.59 Å². The van der Waals surface area contributed by atoms with E-state index in [1.807, 2.05) is 47.1 Å². The number of carbonyl (C=O) groups is 2. The number of amides is 2. The summed E-state index contributed by atoms with van der Waals surface area (Å²) in [5.41, 5.74) is 0. The van der Waals surface area contributed by atoms with Crippen molar-refractivity contribution in [2.24, 2.45) is 5.92 Å². The maximum Gasteiger partial charge on any atom is 0.225 e. The van der Waals surface area contributed by atoms with Crippen molar-refractivity contribution < 1.29 is 14.3 Å². The fourth-order valence-electron chi connectivity index (χ4n) is 3.77. The van der Waals surface area contributed by atoms with Gasteiger partial charge in [-0.2, -0.15) is 0 Å². The molecular formula is C20H28N2O3. The van der Waals surface area contributed by atoms with E-state index in [9.17, 15) is 9.59 Å². The summed E-state index contributed by atoms with van der Waals surface area (Å²) in [5, 5.41) is 0. The Balaban J connectivity index is 1.47. The molecule has 0 saturated carbocycles. The van der Waals surface area contributed by atoms with Gasteiger partial charge < -0.3 is 14.5 Å². The van der Waals surface area contributed by atoms with Crippen LogP contribution in [-0.2, 0) is 9.59 Å². The Morgan fingerprint density at radius 3 is 2.76 bits per heavy atom. The fourth-order valence-corrected chi connectivity index (χ4v) is 3.77. The molecular weight excluding hydrogens is 316 g/mol. The van der Waals surface area contributed by atoms with Crippen molar-refractivity contribution in [2.75, 3.05) is 26.2 Å². The quantitative estimate of drug-likeness (QED) is 0.797. The predicted octanol–water partition coefficient (Wildman–Crippen LogP) is 2.71. The molecule has 0 N–H and O–H groups in total. The molecule has 2 fully saturated rings. The molecule has 1 aromatic rings. The molecule has 0 radical (unpaired) electrons. The minimum atomic E-state index is -0.0586. The Hall–Kier alpha value is -2.04. The van der Waals surface area contributed by atoms with E-state index in [0.29, 0.717) is 26.0 Å². The summed E-state index contributed by atoms with van der Waals surface area (Å²) in [6.45, 7) is 4.86. The van der Waals surface area contributed by atoms with Crippen LogP contribution in [0.25, 0.3) is 0 Å². The third kappa shape index (κ3) is 4.53. The molecule has 5 heteroatoms. The Morgan fingerprint density at radius 1 is 1.24 bits per heavy atom. The number of nitrogens with zero attached hydrogens (tertiary/aromatic N) is 2. The number of benzene rings is 1. The van der Waals surface area contributed by atoms with Crippen molar-refractivity contribution >= 4 is 11.8 Å². The maximum absolute atomic E-state index is 12.7. The number of hydrogen-bond donors (Lipinski definition) is 0. The van der Waals surface area contributed by atoms with Gasteiger partial charge in [0.05, 0.1) is 6.61 Å². The summed E-state index contributed by atoms with van der Waals surface area (Å²) >= 11 is 0. The lowest BCUT2D eigenvalue weighted by Crippen LogP contribution is -2.51. The van der Waals surface area contributed by atoms with Gasteiger partial charge in [-0.25, -0.2) is 0 Å². The molecule has 2 aliphatic rings. The third-order valence-electron chi connectivity index (χ3n) is 5.24. The number of hydrogen-bond acceptors (Lipinski definition) is 3. The summed E-state index contributed by atoms with van der Waals surface area (Å²) in [4.78, 5) is 28.7. The molecule has 1 aromatic carbocycles. The second-order valence-electron chi connectivity index (χ2n) is 7.12. The standard InChI is InChI=1S/C20H28N2O3/c1-16(11-14-25-18-8-3-2-4-9-18)20(24)21-12-5-7-17(15-21)22-13-6-10-19(22)23/h2-4,8-9,16-17H,5-7,10-15H2,1H3/t16-,17-/m0/s1. The molecule has 0 unspecified atom stereocenters. The lowest BCUT2D eigenvalue weighted by Gasteiger charge is -2.38. The second-order valence-corrected chi connectivity index (χ2v) is 7.12. The zero-order valence-electron chi connectivity index (χ0n) is 15.0. The zero-order chi connectivity index (χ0) is 17.6. The van der Waals surface area contributed by atoms with E-state index in [0.717, 1.165) is 38.1 Å². The lowest BCUT2D eigenvalue weighted by atomic mass is 10.0. The van der Waals surface area contributed by atoms with Gasteiger partial charge in [0.25, 0.3) is 0 Å². The van der Waals surface area contributed by atoms with E-state index in [-0.39, 0.29) is 23.8 Å². The Bertz CT molecular complexity index is 590. The van der Waals surface area contributed by atoms with Crippen LogP contribution in [0.5, 0.6) is 5.75 Å². The average molecular weight is 344 g/mol. The smallest absolute Gasteiger partial charge is 0.225 e. The topological polar surface area (TPSA) is 49.9 Å². The molecule has 2 atom stereocenters. The summed E-state index contributed by atoms with van der Waals surface area (Å²) in [6, 6.07) is 9.90. The van der Waals surface area contributed by atoms with Crippen LogP contribution in [0.3, 0.4) is 0 Å². The van der Waals surface area contributed by atoms with Gasteiger partial charge in [0, 0.05) is 38.0 Å². The van der Waals surface area contributed by atoms with Crippen LogP contribution in [0.2, 0.25) is 0 Å². The average Bonchev–Trinajstić information content (AvgIpc) is 3.08. The van der Waals surface area contributed by atoms with Crippen molar-refractivity contribution in [3.05, 3.63) is 30.3 Å². The maximum atomic E-state index is 12.7. The molecule has 2 aliphatic heterocycles. The minimum Gasteiger partial charge on any atom is -0.494 e. The van der Waals surface area contributed by atoms with Gasteiger partial charge in [-0.1, -0.05) is 25.1 Å². The van der Waals surface area contributed by atoms with E-state index >= 15 is 0 Å². The molecule has 2 amide bonds. The van der Waals surface area contributed by atoms with E-state index in [1.165, 1.54) is 0 Å². The summed E-state index contributed by atoms with van der Waals surface area (Å²) in [6.07, 6.45) is 4.32. The first-order valence-corrected chi connectivity index (χ1v) is 9.41. The third-order valence-corrected chi connectivity index (χ3v) is 5.24. The van der Waals surface area contributed by atoms with Gasteiger partial charge in [-0.15, -0.1) is 0 Å². The van der Waals surface area contributed by atoms with Crippen LogP contribution in [-0.4, -0.2) is 53.9 Å². The van der Waals surface area contributed by atoms with Crippen LogP contribution >= 0.6 is 0 Å². The largest absolute Gasteiger partial charge is 0.494 e. The monoisotopic (exact) mass is 344 g/mol. The van der Waals surface area contributed by atoms with Crippen molar-refractivity contribution in [2.45, 2.75) is 45.1 Å². The summed E-state index contributed by atoms with van der Waals surface area (Å²) in [5.74, 6) is 1.22. The number of likely N-dealkylation sites (tertiary alicyclic amines) is 2. The van der Waals surface area contributed by atoms with Crippen molar-refractivity contribution in [3.8, 4) is 5.75 Å². The Morgan fingerprint density at radius 2 is 2.04 bits per heavy atom. The van der Waals surface area contributed by atoms with Gasteiger partial charge in [0.2, 0.25) is 11.8 Å². The molecule has 3 rings (SSSR count). The molecule has 2 heterocycles. The summed E-state index contributed by atoms with van der Waals surface area (Å²) in [7, 11) is 0. The molecule has 136 valence electrons. The number of carbonyl (C=O) groups excluding carboxylic acids is 2. The molecule has 25 heavy (non-hydrogen) atoms. The first kappa shape index (κ1) is 17.8. The molecule has 0 bridgehead atoms. The molecule has 0 spiro atoms. The highest BCUT2D eigenvalue weighted by Gasteiger charge is 2.33. The predicted molar refractivity (Wildman–Crippen MR) is 96.3 cm³/mol. The van der Waals surface area contributed by atoms with Gasteiger partial charge in [0.1, 0.15) is 5.75 Å².